The molecule has 1 aliphatic rings. The van der Waals surface area contributed by atoms with Gasteiger partial charge in [-0.2, -0.15) is 0 Å². The van der Waals surface area contributed by atoms with Crippen LogP contribution >= 0.6 is 0 Å². The minimum atomic E-state index is -2.75. The van der Waals surface area contributed by atoms with Crippen molar-refractivity contribution in [2.24, 2.45) is 11.1 Å². The molecule has 2 nitrogen and oxygen atoms in total. The van der Waals surface area contributed by atoms with Crippen molar-refractivity contribution in [3.63, 3.8) is 0 Å². The summed E-state index contributed by atoms with van der Waals surface area (Å²) in [6.45, 7) is 2.20. The van der Waals surface area contributed by atoms with Crippen LogP contribution in [-0.2, 0) is 4.79 Å². The van der Waals surface area contributed by atoms with E-state index in [1.54, 1.807) is 12.1 Å². The molecule has 0 aliphatic heterocycles. The number of hydrogen-bond acceptors (Lipinski definition) is 1. The van der Waals surface area contributed by atoms with Crippen molar-refractivity contribution in [2.45, 2.75) is 102 Å². The number of nitrogens with two attached hydrogens (primary N) is 1. The van der Waals surface area contributed by atoms with Gasteiger partial charge >= 0.3 is 0 Å². The summed E-state index contributed by atoms with van der Waals surface area (Å²) in [5.41, 5.74) is 5.48. The van der Waals surface area contributed by atoms with E-state index in [0.717, 1.165) is 19.3 Å². The fraction of sp³-hybridized carbons (Fsp3) is 0.708. The van der Waals surface area contributed by atoms with Crippen LogP contribution in [0.2, 0.25) is 0 Å². The van der Waals surface area contributed by atoms with Gasteiger partial charge in [0.1, 0.15) is 5.82 Å². The fourth-order valence-corrected chi connectivity index (χ4v) is 4.80. The van der Waals surface area contributed by atoms with Crippen LogP contribution in [0.5, 0.6) is 0 Å². The van der Waals surface area contributed by atoms with E-state index in [2.05, 4.69) is 6.92 Å². The normalized spacial score (nSPS) is 19.0. The van der Waals surface area contributed by atoms with E-state index in [1.807, 2.05) is 0 Å². The van der Waals surface area contributed by atoms with Crippen LogP contribution in [0.15, 0.2) is 24.3 Å². The van der Waals surface area contributed by atoms with Crippen molar-refractivity contribution in [1.29, 1.82) is 0 Å². The van der Waals surface area contributed by atoms with Crippen molar-refractivity contribution < 1.29 is 18.0 Å². The smallest absolute Gasteiger partial charge is 0.248 e. The first-order chi connectivity index (χ1) is 13.8. The van der Waals surface area contributed by atoms with Crippen LogP contribution in [0, 0.1) is 11.2 Å². The third kappa shape index (κ3) is 6.75. The van der Waals surface area contributed by atoms with Crippen LogP contribution in [0.1, 0.15) is 102 Å². The Labute approximate surface area is 173 Å². The highest BCUT2D eigenvalue weighted by molar-refractivity contribution is 5.82. The van der Waals surface area contributed by atoms with Crippen LogP contribution in [0.4, 0.5) is 13.2 Å². The van der Waals surface area contributed by atoms with Gasteiger partial charge in [0, 0.05) is 12.8 Å². The van der Waals surface area contributed by atoms with Gasteiger partial charge in [-0.05, 0) is 42.9 Å². The third-order valence-corrected chi connectivity index (χ3v) is 6.63. The lowest BCUT2D eigenvalue weighted by Gasteiger charge is -2.43. The van der Waals surface area contributed by atoms with Gasteiger partial charge in [0.05, 0.1) is 5.41 Å². The Morgan fingerprint density at radius 3 is 2.14 bits per heavy atom. The number of benzene rings is 1. The first-order valence-electron chi connectivity index (χ1n) is 11.2. The number of rotatable bonds is 12. The zero-order valence-corrected chi connectivity index (χ0v) is 17.7. The maximum absolute atomic E-state index is 13.9. The van der Waals surface area contributed by atoms with E-state index in [1.165, 1.54) is 44.2 Å². The molecule has 2 rings (SSSR count). The Kier molecular flexibility index (Phi) is 9.04. The summed E-state index contributed by atoms with van der Waals surface area (Å²) in [5, 5.41) is 0. The van der Waals surface area contributed by atoms with E-state index in [-0.39, 0.29) is 37.4 Å². The molecule has 1 saturated carbocycles. The molecule has 164 valence electrons. The maximum Gasteiger partial charge on any atom is 0.248 e. The average Bonchev–Trinajstić information content (AvgIpc) is 2.67. The molecule has 1 atom stereocenters. The first-order valence-corrected chi connectivity index (χ1v) is 11.2. The number of primary amides is 1. The molecule has 0 bridgehead atoms. The highest BCUT2D eigenvalue weighted by Crippen LogP contribution is 2.52. The van der Waals surface area contributed by atoms with Crippen molar-refractivity contribution in [1.82, 2.24) is 0 Å². The Morgan fingerprint density at radius 1 is 1.00 bits per heavy atom. The number of carbonyl (C=O) groups is 1. The zero-order chi connectivity index (χ0) is 21.3. The number of halogens is 3. The van der Waals surface area contributed by atoms with Gasteiger partial charge in [-0.15, -0.1) is 0 Å². The van der Waals surface area contributed by atoms with E-state index in [9.17, 15) is 18.0 Å². The standard InChI is InChI=1S/C24H36F3NO/c1-2-3-4-5-6-7-8-9-13-21(19-11-10-12-20(25)18-19)23(22(28)29)14-16-24(26,27)17-15-23/h10-12,18,21H,2-9,13-17H2,1H3,(H2,28,29). The maximum atomic E-state index is 13.9. The molecule has 29 heavy (non-hydrogen) atoms. The van der Waals surface area contributed by atoms with Gasteiger partial charge in [0.2, 0.25) is 11.8 Å². The minimum absolute atomic E-state index is 0.0630. The second-order valence-electron chi connectivity index (χ2n) is 8.75. The Balaban J connectivity index is 2.08. The summed E-state index contributed by atoms with van der Waals surface area (Å²) in [6.07, 6.45) is 9.37. The van der Waals surface area contributed by atoms with E-state index in [4.69, 9.17) is 5.73 Å². The van der Waals surface area contributed by atoms with Crippen LogP contribution in [0.25, 0.3) is 0 Å². The summed E-state index contributed by atoms with van der Waals surface area (Å²) in [6, 6.07) is 6.23. The Morgan fingerprint density at radius 2 is 1.59 bits per heavy atom. The summed E-state index contributed by atoms with van der Waals surface area (Å²) in [7, 11) is 0. The van der Waals surface area contributed by atoms with Gasteiger partial charge in [-0.1, -0.05) is 70.4 Å². The van der Waals surface area contributed by atoms with E-state index in [0.29, 0.717) is 12.0 Å². The molecule has 0 spiro atoms. The molecule has 0 heterocycles. The van der Waals surface area contributed by atoms with Crippen molar-refractivity contribution >= 4 is 5.91 Å². The lowest BCUT2D eigenvalue weighted by molar-refractivity contribution is -0.138. The molecular formula is C24H36F3NO. The zero-order valence-electron chi connectivity index (χ0n) is 17.7. The molecule has 5 heteroatoms. The van der Waals surface area contributed by atoms with Gasteiger partial charge < -0.3 is 5.73 Å². The first kappa shape index (κ1) is 23.8. The molecule has 2 N–H and O–H groups in total. The second kappa shape index (κ2) is 11.0. The monoisotopic (exact) mass is 411 g/mol. The summed E-state index contributed by atoms with van der Waals surface area (Å²) in [5.74, 6) is -3.96. The average molecular weight is 412 g/mol. The number of unbranched alkanes of at least 4 members (excludes halogenated alkanes) is 7. The van der Waals surface area contributed by atoms with Crippen LogP contribution in [-0.4, -0.2) is 11.8 Å². The Hall–Kier alpha value is -1.52. The predicted octanol–water partition coefficient (Wildman–Crippen LogP) is 7.12. The summed E-state index contributed by atoms with van der Waals surface area (Å²) >= 11 is 0. The van der Waals surface area contributed by atoms with Gasteiger partial charge in [0.25, 0.3) is 0 Å². The van der Waals surface area contributed by atoms with Crippen LogP contribution < -0.4 is 5.73 Å². The fourth-order valence-electron chi connectivity index (χ4n) is 4.80. The largest absolute Gasteiger partial charge is 0.369 e. The molecule has 1 aliphatic carbocycles. The molecule has 1 aromatic rings. The molecule has 0 aromatic heterocycles. The lowest BCUT2D eigenvalue weighted by Crippen LogP contribution is -2.47. The quantitative estimate of drug-likeness (QED) is 0.366. The SMILES string of the molecule is CCCCCCCCCCC(c1cccc(F)c1)C1(C(N)=O)CCC(F)(F)CC1. The second-order valence-corrected chi connectivity index (χ2v) is 8.75. The van der Waals surface area contributed by atoms with E-state index < -0.39 is 17.2 Å². The van der Waals surface area contributed by atoms with Crippen LogP contribution in [0.3, 0.4) is 0 Å². The molecule has 0 radical (unpaired) electrons. The molecule has 0 saturated heterocycles. The number of amides is 1. The molecule has 1 amide bonds. The van der Waals surface area contributed by atoms with Crippen molar-refractivity contribution in [3.05, 3.63) is 35.6 Å². The molecule has 1 aromatic carbocycles. The topological polar surface area (TPSA) is 43.1 Å². The minimum Gasteiger partial charge on any atom is -0.369 e. The lowest BCUT2D eigenvalue weighted by atomic mass is 9.61. The van der Waals surface area contributed by atoms with Crippen molar-refractivity contribution in [2.75, 3.05) is 0 Å². The van der Waals surface area contributed by atoms with Gasteiger partial charge in [-0.3, -0.25) is 4.79 Å². The predicted molar refractivity (Wildman–Crippen MR) is 111 cm³/mol. The number of alkyl halides is 2. The summed E-state index contributed by atoms with van der Waals surface area (Å²) in [4.78, 5) is 12.5. The number of hydrogen-bond donors (Lipinski definition) is 1. The molecule has 1 fully saturated rings. The van der Waals surface area contributed by atoms with Gasteiger partial charge in [0.15, 0.2) is 0 Å². The third-order valence-electron chi connectivity index (χ3n) is 6.63. The summed E-state index contributed by atoms with van der Waals surface area (Å²) < 4.78 is 41.5. The Bertz CT molecular complexity index is 637. The van der Waals surface area contributed by atoms with E-state index >= 15 is 0 Å². The van der Waals surface area contributed by atoms with Crippen molar-refractivity contribution in [3.8, 4) is 0 Å². The van der Waals surface area contributed by atoms with Gasteiger partial charge in [-0.25, -0.2) is 13.2 Å². The highest BCUT2D eigenvalue weighted by Gasteiger charge is 2.51. The number of carbonyl (C=O) groups excluding carboxylic acids is 1. The molecular weight excluding hydrogens is 375 g/mol. The highest BCUT2D eigenvalue weighted by atomic mass is 19.3. The molecule has 1 unspecified atom stereocenters.